The van der Waals surface area contributed by atoms with Crippen LogP contribution in [-0.4, -0.2) is 15.8 Å². The summed E-state index contributed by atoms with van der Waals surface area (Å²) in [5.74, 6) is 0. The first-order chi connectivity index (χ1) is 4.95. The number of nitrogens with two attached hydrogens (primary N) is 1. The number of hydrazone groups is 1. The molecule has 11 heavy (non-hydrogen) atoms. The van der Waals surface area contributed by atoms with Crippen molar-refractivity contribution in [1.82, 2.24) is 5.01 Å². The van der Waals surface area contributed by atoms with Crippen LogP contribution in [0.5, 0.6) is 0 Å². The summed E-state index contributed by atoms with van der Waals surface area (Å²) in [6.45, 7) is 7.67. The van der Waals surface area contributed by atoms with E-state index in [4.69, 9.17) is 5.73 Å². The van der Waals surface area contributed by atoms with Crippen molar-refractivity contribution < 1.29 is 0 Å². The second kappa shape index (κ2) is 4.77. The van der Waals surface area contributed by atoms with Crippen LogP contribution >= 0.6 is 31.9 Å². The molecule has 0 aliphatic rings. The highest BCUT2D eigenvalue weighted by Gasteiger charge is 2.07. The lowest BCUT2D eigenvalue weighted by Crippen LogP contribution is -2.24. The molecule has 0 saturated heterocycles. The molecule has 0 radical (unpaired) electrons. The van der Waals surface area contributed by atoms with Gasteiger partial charge in [0, 0.05) is 6.04 Å². The summed E-state index contributed by atoms with van der Waals surface area (Å²) in [5.41, 5.74) is 5.33. The van der Waals surface area contributed by atoms with Crippen LogP contribution in [0.4, 0.5) is 0 Å². The minimum absolute atomic E-state index is 0.234. The zero-order valence-corrected chi connectivity index (χ0v) is 9.68. The molecule has 0 fully saturated rings. The number of hydrogen-bond acceptors (Lipinski definition) is 2. The van der Waals surface area contributed by atoms with E-state index in [1.807, 2.05) is 13.8 Å². The number of halogens is 2. The molecule has 0 aromatic heterocycles. The van der Waals surface area contributed by atoms with Crippen LogP contribution in [0.15, 0.2) is 16.3 Å². The Morgan fingerprint density at radius 2 is 2.00 bits per heavy atom. The first-order valence-corrected chi connectivity index (χ1v) is 4.67. The zero-order chi connectivity index (χ0) is 9.02. The van der Waals surface area contributed by atoms with Gasteiger partial charge in [-0.1, -0.05) is 6.58 Å². The Kier molecular flexibility index (Phi) is 4.76. The molecule has 0 spiro atoms. The molecular formula is C6H11Br2N3. The predicted octanol–water partition coefficient (Wildman–Crippen LogP) is 2.19. The van der Waals surface area contributed by atoms with Crippen LogP contribution in [0.25, 0.3) is 0 Å². The van der Waals surface area contributed by atoms with E-state index in [0.717, 1.165) is 0 Å². The van der Waals surface area contributed by atoms with Crippen LogP contribution in [-0.2, 0) is 0 Å². The zero-order valence-electron chi connectivity index (χ0n) is 6.51. The first kappa shape index (κ1) is 11.0. The van der Waals surface area contributed by atoms with Gasteiger partial charge >= 0.3 is 0 Å². The Labute approximate surface area is 83.6 Å². The van der Waals surface area contributed by atoms with Crippen molar-refractivity contribution >= 4 is 36.6 Å². The molecule has 5 heteroatoms. The van der Waals surface area contributed by atoms with Gasteiger partial charge in [0.25, 0.3) is 0 Å². The summed E-state index contributed by atoms with van der Waals surface area (Å²) in [5, 5.41) is 5.64. The molecule has 2 N–H and O–H groups in total. The van der Waals surface area contributed by atoms with Crippen LogP contribution in [0, 0.1) is 0 Å². The van der Waals surface area contributed by atoms with Crippen molar-refractivity contribution in [3.05, 3.63) is 11.2 Å². The van der Waals surface area contributed by atoms with E-state index < -0.39 is 0 Å². The van der Waals surface area contributed by atoms with Gasteiger partial charge in [-0.3, -0.25) is 5.01 Å². The Morgan fingerprint density at radius 3 is 2.09 bits per heavy atom. The van der Waals surface area contributed by atoms with E-state index in [0.29, 0.717) is 9.35 Å². The molecule has 0 atom stereocenters. The molecule has 64 valence electrons. The number of amidine groups is 1. The normalized spacial score (nSPS) is 11.9. The maximum absolute atomic E-state index is 5.33. The second-order valence-corrected chi connectivity index (χ2v) is 3.97. The average Bonchev–Trinajstić information content (AvgIpc) is 1.81. The monoisotopic (exact) mass is 283 g/mol. The minimum atomic E-state index is 0.234. The highest BCUT2D eigenvalue weighted by Crippen LogP contribution is 2.14. The Hall–Kier alpha value is -0.0300. The molecule has 0 heterocycles. The number of nitrogens with zero attached hydrogens (tertiary/aromatic N) is 2. The van der Waals surface area contributed by atoms with E-state index in [1.54, 1.807) is 5.01 Å². The Morgan fingerprint density at radius 1 is 1.55 bits per heavy atom. The largest absolute Gasteiger partial charge is 0.376 e. The fourth-order valence-corrected chi connectivity index (χ4v) is 1.21. The Balaban J connectivity index is 4.36. The SMILES string of the molecule is C=C(Br)N(/N=C(\N)Br)C(C)C. The number of hydrogen-bond donors (Lipinski definition) is 1. The van der Waals surface area contributed by atoms with Crippen molar-refractivity contribution in [2.24, 2.45) is 10.8 Å². The van der Waals surface area contributed by atoms with Crippen molar-refractivity contribution in [3.63, 3.8) is 0 Å². The molecule has 0 aliphatic heterocycles. The topological polar surface area (TPSA) is 41.6 Å². The van der Waals surface area contributed by atoms with Crippen LogP contribution < -0.4 is 5.73 Å². The fraction of sp³-hybridized carbons (Fsp3) is 0.500. The van der Waals surface area contributed by atoms with Gasteiger partial charge in [-0.25, -0.2) is 0 Å². The summed E-state index contributed by atoms with van der Waals surface area (Å²) in [7, 11) is 0. The van der Waals surface area contributed by atoms with E-state index >= 15 is 0 Å². The highest BCUT2D eigenvalue weighted by molar-refractivity contribution is 9.18. The minimum Gasteiger partial charge on any atom is -0.376 e. The molecule has 0 rings (SSSR count). The van der Waals surface area contributed by atoms with Gasteiger partial charge in [-0.15, -0.1) is 5.10 Å². The van der Waals surface area contributed by atoms with Crippen molar-refractivity contribution in [3.8, 4) is 0 Å². The molecule has 3 nitrogen and oxygen atoms in total. The summed E-state index contributed by atoms with van der Waals surface area (Å²) < 4.78 is 1.03. The summed E-state index contributed by atoms with van der Waals surface area (Å²) in [4.78, 5) is 0. The van der Waals surface area contributed by atoms with Gasteiger partial charge < -0.3 is 5.73 Å². The maximum Gasteiger partial charge on any atom is 0.187 e. The van der Waals surface area contributed by atoms with E-state index in [9.17, 15) is 0 Å². The highest BCUT2D eigenvalue weighted by atomic mass is 79.9. The summed E-state index contributed by atoms with van der Waals surface area (Å²) in [6.07, 6.45) is 0. The lowest BCUT2D eigenvalue weighted by Gasteiger charge is -2.21. The Bertz CT molecular complexity index is 173. The third-order valence-corrected chi connectivity index (χ3v) is 1.46. The molecule has 0 aliphatic carbocycles. The fourth-order valence-electron chi connectivity index (χ4n) is 0.553. The summed E-state index contributed by atoms with van der Waals surface area (Å²) in [6, 6.07) is 0.234. The molecule has 0 bridgehead atoms. The van der Waals surface area contributed by atoms with Gasteiger partial charge in [0.05, 0.1) is 4.61 Å². The first-order valence-electron chi connectivity index (χ1n) is 3.08. The smallest absolute Gasteiger partial charge is 0.187 e. The van der Waals surface area contributed by atoms with Crippen LogP contribution in [0.1, 0.15) is 13.8 Å². The third-order valence-electron chi connectivity index (χ3n) is 0.941. The maximum atomic E-state index is 5.33. The lowest BCUT2D eigenvalue weighted by atomic mass is 10.4. The van der Waals surface area contributed by atoms with Crippen molar-refractivity contribution in [2.45, 2.75) is 19.9 Å². The third kappa shape index (κ3) is 4.42. The van der Waals surface area contributed by atoms with Gasteiger partial charge in [-0.05, 0) is 45.7 Å². The molecule has 0 aromatic carbocycles. The van der Waals surface area contributed by atoms with E-state index in [-0.39, 0.29) is 6.04 Å². The predicted molar refractivity (Wildman–Crippen MR) is 55.6 cm³/mol. The molecule has 0 aromatic rings. The van der Waals surface area contributed by atoms with Gasteiger partial charge in [-0.2, -0.15) is 0 Å². The molecule has 0 amide bonds. The van der Waals surface area contributed by atoms with Gasteiger partial charge in [0.15, 0.2) is 4.74 Å². The van der Waals surface area contributed by atoms with Crippen LogP contribution in [0.2, 0.25) is 0 Å². The molecular weight excluding hydrogens is 274 g/mol. The van der Waals surface area contributed by atoms with Gasteiger partial charge in [0.2, 0.25) is 0 Å². The van der Waals surface area contributed by atoms with E-state index in [2.05, 4.69) is 43.5 Å². The summed E-state index contributed by atoms with van der Waals surface area (Å²) >= 11 is 6.25. The molecule has 0 saturated carbocycles. The number of rotatable bonds is 3. The average molecular weight is 285 g/mol. The second-order valence-electron chi connectivity index (χ2n) is 2.24. The van der Waals surface area contributed by atoms with Crippen molar-refractivity contribution in [1.29, 1.82) is 0 Å². The van der Waals surface area contributed by atoms with Crippen LogP contribution in [0.3, 0.4) is 0 Å². The van der Waals surface area contributed by atoms with Gasteiger partial charge in [0.1, 0.15) is 0 Å². The van der Waals surface area contributed by atoms with Crippen molar-refractivity contribution in [2.75, 3.05) is 0 Å². The standard InChI is InChI=1S/C6H11Br2N3/c1-4(2)11(5(3)7)10-6(8)9/h4H,3H2,1-2H3,(H2,9,10). The molecule has 0 unspecified atom stereocenters. The lowest BCUT2D eigenvalue weighted by molar-refractivity contribution is 0.323. The van der Waals surface area contributed by atoms with E-state index in [1.165, 1.54) is 0 Å². The quantitative estimate of drug-likeness (QED) is 0.374.